The second-order valence-electron chi connectivity index (χ2n) is 5.01. The third kappa shape index (κ3) is 5.83. The summed E-state index contributed by atoms with van der Waals surface area (Å²) in [5.41, 5.74) is 1.02. The molecule has 0 radical (unpaired) electrons. The van der Waals surface area contributed by atoms with Crippen molar-refractivity contribution < 1.29 is 9.18 Å². The van der Waals surface area contributed by atoms with Gasteiger partial charge in [0, 0.05) is 19.5 Å². The molecule has 1 amide bonds. The molecule has 0 aliphatic heterocycles. The van der Waals surface area contributed by atoms with Gasteiger partial charge in [-0.2, -0.15) is 0 Å². The molecular formula is C15H23FN2O. The van der Waals surface area contributed by atoms with Crippen LogP contribution in [-0.4, -0.2) is 38.0 Å². The molecule has 0 aliphatic rings. The van der Waals surface area contributed by atoms with Crippen LogP contribution in [0.25, 0.3) is 0 Å². The average molecular weight is 266 g/mol. The van der Waals surface area contributed by atoms with Crippen molar-refractivity contribution in [3.05, 3.63) is 35.6 Å². The molecule has 1 aromatic carbocycles. The van der Waals surface area contributed by atoms with Gasteiger partial charge in [-0.05, 0) is 44.1 Å². The maximum atomic E-state index is 12.9. The lowest BCUT2D eigenvalue weighted by Crippen LogP contribution is -2.32. The van der Waals surface area contributed by atoms with Crippen molar-refractivity contribution >= 4 is 5.91 Å². The fourth-order valence-electron chi connectivity index (χ4n) is 1.95. The molecule has 3 nitrogen and oxygen atoms in total. The van der Waals surface area contributed by atoms with Crippen LogP contribution in [-0.2, 0) is 4.79 Å². The summed E-state index contributed by atoms with van der Waals surface area (Å²) in [5.74, 6) is -0.0352. The third-order valence-electron chi connectivity index (χ3n) is 3.15. The predicted molar refractivity (Wildman–Crippen MR) is 75.6 cm³/mol. The largest absolute Gasteiger partial charge is 0.355 e. The fourth-order valence-corrected chi connectivity index (χ4v) is 1.95. The number of benzene rings is 1. The molecule has 4 heteroatoms. The Hall–Kier alpha value is -1.42. The Morgan fingerprint density at radius 3 is 2.47 bits per heavy atom. The second kappa shape index (κ2) is 7.89. The van der Waals surface area contributed by atoms with E-state index in [-0.39, 0.29) is 17.6 Å². The Morgan fingerprint density at radius 1 is 1.32 bits per heavy atom. The highest BCUT2D eigenvalue weighted by Gasteiger charge is 2.14. The van der Waals surface area contributed by atoms with E-state index >= 15 is 0 Å². The summed E-state index contributed by atoms with van der Waals surface area (Å²) in [7, 11) is 3.94. The Balaban J connectivity index is 2.47. The van der Waals surface area contributed by atoms with Crippen LogP contribution in [0.4, 0.5) is 4.39 Å². The van der Waals surface area contributed by atoms with Gasteiger partial charge in [0.15, 0.2) is 0 Å². The van der Waals surface area contributed by atoms with Crippen LogP contribution in [0.2, 0.25) is 0 Å². The molecule has 0 aromatic heterocycles. The second-order valence-corrected chi connectivity index (χ2v) is 5.01. The molecule has 0 heterocycles. The number of carbonyl (C=O) groups is 1. The molecule has 1 atom stereocenters. The maximum absolute atomic E-state index is 12.9. The van der Waals surface area contributed by atoms with Crippen LogP contribution >= 0.6 is 0 Å². The van der Waals surface area contributed by atoms with Gasteiger partial charge >= 0.3 is 0 Å². The zero-order chi connectivity index (χ0) is 14.3. The van der Waals surface area contributed by atoms with Crippen LogP contribution in [0, 0.1) is 5.82 Å². The molecule has 0 saturated heterocycles. The van der Waals surface area contributed by atoms with E-state index in [1.807, 2.05) is 25.9 Å². The molecule has 1 aromatic rings. The number of hydrogen-bond acceptors (Lipinski definition) is 2. The summed E-state index contributed by atoms with van der Waals surface area (Å²) >= 11 is 0. The summed E-state index contributed by atoms with van der Waals surface area (Å²) in [6.07, 6.45) is 1.32. The Bertz CT molecular complexity index is 390. The van der Waals surface area contributed by atoms with Gasteiger partial charge in [-0.15, -0.1) is 0 Å². The zero-order valence-electron chi connectivity index (χ0n) is 11.9. The van der Waals surface area contributed by atoms with Crippen molar-refractivity contribution in [2.75, 3.05) is 27.2 Å². The monoisotopic (exact) mass is 266 g/mol. The molecule has 106 valence electrons. The smallest absolute Gasteiger partial charge is 0.220 e. The van der Waals surface area contributed by atoms with E-state index in [9.17, 15) is 9.18 Å². The van der Waals surface area contributed by atoms with Gasteiger partial charge in [0.05, 0.1) is 0 Å². The summed E-state index contributed by atoms with van der Waals surface area (Å²) in [5, 5.41) is 2.91. The highest BCUT2D eigenvalue weighted by molar-refractivity contribution is 5.76. The van der Waals surface area contributed by atoms with Gasteiger partial charge in [-0.25, -0.2) is 4.39 Å². The molecule has 0 aliphatic carbocycles. The van der Waals surface area contributed by atoms with Crippen LogP contribution in [0.15, 0.2) is 24.3 Å². The van der Waals surface area contributed by atoms with E-state index in [0.717, 1.165) is 18.5 Å². The van der Waals surface area contributed by atoms with Gasteiger partial charge in [0.2, 0.25) is 5.91 Å². The minimum atomic E-state index is -0.242. The average Bonchev–Trinajstić information content (AvgIpc) is 2.36. The lowest BCUT2D eigenvalue weighted by molar-refractivity contribution is -0.121. The number of rotatable bonds is 7. The zero-order valence-corrected chi connectivity index (χ0v) is 11.9. The number of amides is 1. The van der Waals surface area contributed by atoms with Gasteiger partial charge in [0.25, 0.3) is 0 Å². The van der Waals surface area contributed by atoms with E-state index in [1.165, 1.54) is 12.1 Å². The fraction of sp³-hybridized carbons (Fsp3) is 0.533. The first-order valence-electron chi connectivity index (χ1n) is 6.69. The lowest BCUT2D eigenvalue weighted by atomic mass is 9.93. The summed E-state index contributed by atoms with van der Waals surface area (Å²) in [6.45, 7) is 3.53. The van der Waals surface area contributed by atoms with Gasteiger partial charge in [0.1, 0.15) is 5.82 Å². The molecule has 1 unspecified atom stereocenters. The molecule has 0 bridgehead atoms. The highest BCUT2D eigenvalue weighted by Crippen LogP contribution is 2.23. The highest BCUT2D eigenvalue weighted by atomic mass is 19.1. The van der Waals surface area contributed by atoms with Crippen molar-refractivity contribution in [2.24, 2.45) is 0 Å². The lowest BCUT2D eigenvalue weighted by Gasteiger charge is -2.16. The minimum absolute atomic E-state index is 0.0537. The number of likely N-dealkylation sites (N-methyl/N-ethyl adjacent to an activating group) is 1. The number of halogens is 1. The van der Waals surface area contributed by atoms with Crippen LogP contribution in [0.5, 0.6) is 0 Å². The van der Waals surface area contributed by atoms with E-state index in [4.69, 9.17) is 0 Å². The third-order valence-corrected chi connectivity index (χ3v) is 3.15. The molecule has 19 heavy (non-hydrogen) atoms. The van der Waals surface area contributed by atoms with E-state index in [0.29, 0.717) is 13.0 Å². The Labute approximate surface area is 114 Å². The standard InChI is InChI=1S/C15H23FN2O/c1-4-12(13-5-7-14(16)8-6-13)11-15(19)17-9-10-18(2)3/h5-8,12H,4,9-11H2,1-3H3,(H,17,19). The van der Waals surface area contributed by atoms with Crippen LogP contribution in [0.1, 0.15) is 31.2 Å². The van der Waals surface area contributed by atoms with Crippen molar-refractivity contribution in [3.63, 3.8) is 0 Å². The van der Waals surface area contributed by atoms with E-state index < -0.39 is 0 Å². The summed E-state index contributed by atoms with van der Waals surface area (Å²) in [4.78, 5) is 13.9. The minimum Gasteiger partial charge on any atom is -0.355 e. The van der Waals surface area contributed by atoms with Gasteiger partial charge in [-0.1, -0.05) is 19.1 Å². The molecule has 0 fully saturated rings. The van der Waals surface area contributed by atoms with Crippen molar-refractivity contribution in [1.82, 2.24) is 10.2 Å². The number of nitrogens with one attached hydrogen (secondary N) is 1. The SMILES string of the molecule is CCC(CC(=O)NCCN(C)C)c1ccc(F)cc1. The molecule has 0 spiro atoms. The number of carbonyl (C=O) groups excluding carboxylic acids is 1. The Morgan fingerprint density at radius 2 is 1.95 bits per heavy atom. The number of hydrogen-bond donors (Lipinski definition) is 1. The molecular weight excluding hydrogens is 243 g/mol. The first-order valence-corrected chi connectivity index (χ1v) is 6.69. The van der Waals surface area contributed by atoms with Gasteiger partial charge < -0.3 is 10.2 Å². The van der Waals surface area contributed by atoms with Crippen LogP contribution < -0.4 is 5.32 Å². The Kier molecular flexibility index (Phi) is 6.50. The van der Waals surface area contributed by atoms with Crippen molar-refractivity contribution in [2.45, 2.75) is 25.7 Å². The van der Waals surface area contributed by atoms with E-state index in [1.54, 1.807) is 12.1 Å². The van der Waals surface area contributed by atoms with Gasteiger partial charge in [-0.3, -0.25) is 4.79 Å². The summed E-state index contributed by atoms with van der Waals surface area (Å²) < 4.78 is 12.9. The molecule has 1 rings (SSSR count). The summed E-state index contributed by atoms with van der Waals surface area (Å²) in [6, 6.07) is 6.41. The first-order chi connectivity index (χ1) is 9.02. The van der Waals surface area contributed by atoms with Crippen LogP contribution in [0.3, 0.4) is 0 Å². The maximum Gasteiger partial charge on any atom is 0.220 e. The number of nitrogens with zero attached hydrogens (tertiary/aromatic N) is 1. The normalized spacial score (nSPS) is 12.5. The topological polar surface area (TPSA) is 32.3 Å². The van der Waals surface area contributed by atoms with E-state index in [2.05, 4.69) is 5.32 Å². The molecule has 0 saturated carbocycles. The van der Waals surface area contributed by atoms with Crippen molar-refractivity contribution in [1.29, 1.82) is 0 Å². The first kappa shape index (κ1) is 15.6. The van der Waals surface area contributed by atoms with Crippen molar-refractivity contribution in [3.8, 4) is 0 Å². The predicted octanol–water partition coefficient (Wildman–Crippen LogP) is 2.39. The molecule has 1 N–H and O–H groups in total. The quantitative estimate of drug-likeness (QED) is 0.822.